The lowest BCUT2D eigenvalue weighted by molar-refractivity contribution is -0.122. The minimum atomic E-state index is -0.860. The van der Waals surface area contributed by atoms with Gasteiger partial charge < -0.3 is 14.2 Å². The second-order valence-corrected chi connectivity index (χ2v) is 9.86. The molecule has 0 atom stereocenters. The second kappa shape index (κ2) is 13.2. The molecule has 1 aliphatic heterocycles. The van der Waals surface area contributed by atoms with E-state index in [0.717, 1.165) is 16.0 Å². The van der Waals surface area contributed by atoms with Gasteiger partial charge in [0.1, 0.15) is 30.4 Å². The Balaban J connectivity index is 1.32. The highest BCUT2D eigenvalue weighted by Gasteiger charge is 2.36. The molecule has 8 nitrogen and oxygen atoms in total. The molecule has 0 radical (unpaired) electrons. The maximum atomic E-state index is 13.4. The number of amides is 4. The third kappa shape index (κ3) is 7.20. The maximum Gasteiger partial charge on any atom is 0.335 e. The van der Waals surface area contributed by atoms with Crippen molar-refractivity contribution >= 4 is 41.2 Å². The van der Waals surface area contributed by atoms with Gasteiger partial charge in [0.2, 0.25) is 0 Å². The van der Waals surface area contributed by atoms with Crippen LogP contribution in [0.4, 0.5) is 14.9 Å². The van der Waals surface area contributed by atoms with Crippen LogP contribution in [0.5, 0.6) is 17.2 Å². The lowest BCUT2D eigenvalue weighted by Crippen LogP contribution is -2.54. The molecule has 218 valence electrons. The van der Waals surface area contributed by atoms with E-state index < -0.39 is 17.8 Å². The molecule has 10 heteroatoms. The summed E-state index contributed by atoms with van der Waals surface area (Å²) < 4.78 is 30.6. The molecule has 0 aliphatic carbocycles. The van der Waals surface area contributed by atoms with Crippen molar-refractivity contribution in [3.63, 3.8) is 0 Å². The van der Waals surface area contributed by atoms with Gasteiger partial charge in [-0.3, -0.25) is 14.9 Å². The fourth-order valence-corrected chi connectivity index (χ4v) is 4.37. The molecule has 4 aromatic carbocycles. The zero-order valence-electron chi connectivity index (χ0n) is 23.0. The minimum absolute atomic E-state index is 0.184. The molecule has 0 unspecified atom stereocenters. The van der Waals surface area contributed by atoms with Crippen LogP contribution in [-0.2, 0) is 22.8 Å². The molecule has 1 fully saturated rings. The standard InChI is InChI=1S/C33H26ClFN2O6/c1-2-41-30-18-23(7-16-29(30)43-20-22-5-10-25(35)11-6-22)17-28-31(38)36-33(40)37(32(28)39)26-12-14-27(15-13-26)42-19-21-3-8-24(34)9-4-21/h3-18H,2,19-20H2,1H3,(H,36,38,40)/b28-17+. The molecule has 1 heterocycles. The number of ether oxygens (including phenoxy) is 3. The zero-order chi connectivity index (χ0) is 30.3. The predicted molar refractivity (Wildman–Crippen MR) is 160 cm³/mol. The van der Waals surface area contributed by atoms with Crippen LogP contribution in [0.1, 0.15) is 23.6 Å². The number of carbonyl (C=O) groups excluding carboxylic acids is 3. The summed E-state index contributed by atoms with van der Waals surface area (Å²) in [6, 6.07) is 23.6. The van der Waals surface area contributed by atoms with Crippen LogP contribution in [0.25, 0.3) is 6.08 Å². The third-order valence-corrected chi connectivity index (χ3v) is 6.65. The van der Waals surface area contributed by atoms with E-state index in [1.165, 1.54) is 18.2 Å². The van der Waals surface area contributed by atoms with Crippen LogP contribution in [0.15, 0.2) is 96.6 Å². The second-order valence-electron chi connectivity index (χ2n) is 9.42. The van der Waals surface area contributed by atoms with Crippen molar-refractivity contribution in [2.75, 3.05) is 11.5 Å². The molecule has 0 aromatic heterocycles. The number of carbonyl (C=O) groups is 3. The summed E-state index contributed by atoms with van der Waals surface area (Å²) in [4.78, 5) is 39.6. The summed E-state index contributed by atoms with van der Waals surface area (Å²) in [5.41, 5.74) is 2.21. The molecule has 0 bridgehead atoms. The molecule has 1 saturated heterocycles. The van der Waals surface area contributed by atoms with E-state index in [4.69, 9.17) is 25.8 Å². The number of anilines is 1. The average molecular weight is 601 g/mol. The number of hydrogen-bond donors (Lipinski definition) is 1. The van der Waals surface area contributed by atoms with E-state index in [2.05, 4.69) is 5.32 Å². The number of halogens is 2. The fraction of sp³-hybridized carbons (Fsp3) is 0.121. The van der Waals surface area contributed by atoms with Gasteiger partial charge in [-0.05, 0) is 90.4 Å². The Labute approximate surface area is 252 Å². The van der Waals surface area contributed by atoms with Gasteiger partial charge in [-0.1, -0.05) is 41.9 Å². The summed E-state index contributed by atoms with van der Waals surface area (Å²) in [5.74, 6) is -0.579. The Hall–Kier alpha value is -5.15. The first-order chi connectivity index (χ1) is 20.8. The molecule has 0 saturated carbocycles. The number of nitrogens with zero attached hydrogens (tertiary/aromatic N) is 1. The summed E-state index contributed by atoms with van der Waals surface area (Å²) in [6.07, 6.45) is 1.38. The topological polar surface area (TPSA) is 94.2 Å². The van der Waals surface area contributed by atoms with Crippen LogP contribution < -0.4 is 24.4 Å². The molecule has 1 N–H and O–H groups in total. The number of urea groups is 1. The van der Waals surface area contributed by atoms with Crippen LogP contribution in [0, 0.1) is 5.82 Å². The third-order valence-electron chi connectivity index (χ3n) is 6.40. The van der Waals surface area contributed by atoms with Crippen LogP contribution in [0.2, 0.25) is 5.02 Å². The molecular formula is C33H26ClFN2O6. The summed E-state index contributed by atoms with van der Waals surface area (Å²) in [6.45, 7) is 2.64. The lowest BCUT2D eigenvalue weighted by Gasteiger charge is -2.26. The number of imide groups is 2. The number of barbiturate groups is 1. The van der Waals surface area contributed by atoms with Gasteiger partial charge in [0.25, 0.3) is 11.8 Å². The molecule has 4 aromatic rings. The normalized spacial score (nSPS) is 14.1. The first kappa shape index (κ1) is 29.3. The van der Waals surface area contributed by atoms with Gasteiger partial charge in [-0.25, -0.2) is 14.1 Å². The Morgan fingerprint density at radius 3 is 2.12 bits per heavy atom. The highest BCUT2D eigenvalue weighted by atomic mass is 35.5. The maximum absolute atomic E-state index is 13.4. The van der Waals surface area contributed by atoms with Gasteiger partial charge >= 0.3 is 6.03 Å². The van der Waals surface area contributed by atoms with Gasteiger partial charge in [-0.2, -0.15) is 0 Å². The van der Waals surface area contributed by atoms with E-state index >= 15 is 0 Å². The smallest absolute Gasteiger partial charge is 0.335 e. The largest absolute Gasteiger partial charge is 0.490 e. The van der Waals surface area contributed by atoms with E-state index in [9.17, 15) is 18.8 Å². The van der Waals surface area contributed by atoms with Crippen molar-refractivity contribution in [2.45, 2.75) is 20.1 Å². The van der Waals surface area contributed by atoms with Gasteiger partial charge in [0, 0.05) is 5.02 Å². The predicted octanol–water partition coefficient (Wildman–Crippen LogP) is 6.70. The van der Waals surface area contributed by atoms with E-state index in [-0.39, 0.29) is 23.7 Å². The molecule has 5 rings (SSSR count). The van der Waals surface area contributed by atoms with Crippen molar-refractivity contribution in [1.82, 2.24) is 5.32 Å². The lowest BCUT2D eigenvalue weighted by atomic mass is 10.1. The quantitative estimate of drug-likeness (QED) is 0.161. The SMILES string of the molecule is CCOc1cc(/C=C2\C(=O)NC(=O)N(c3ccc(OCc4ccc(Cl)cc4)cc3)C2=O)ccc1OCc1ccc(F)cc1. The van der Waals surface area contributed by atoms with Gasteiger partial charge in [0.05, 0.1) is 12.3 Å². The number of hydrogen-bond acceptors (Lipinski definition) is 6. The Bertz CT molecular complexity index is 1670. The molecule has 43 heavy (non-hydrogen) atoms. The zero-order valence-corrected chi connectivity index (χ0v) is 23.8. The Morgan fingerprint density at radius 2 is 1.44 bits per heavy atom. The van der Waals surface area contributed by atoms with Crippen LogP contribution in [-0.4, -0.2) is 24.5 Å². The first-order valence-electron chi connectivity index (χ1n) is 13.3. The van der Waals surface area contributed by atoms with Gasteiger partial charge in [-0.15, -0.1) is 0 Å². The highest BCUT2D eigenvalue weighted by molar-refractivity contribution is 6.39. The van der Waals surface area contributed by atoms with Crippen molar-refractivity contribution in [2.24, 2.45) is 0 Å². The highest BCUT2D eigenvalue weighted by Crippen LogP contribution is 2.31. The fourth-order valence-electron chi connectivity index (χ4n) is 4.24. The average Bonchev–Trinajstić information content (AvgIpc) is 3.00. The minimum Gasteiger partial charge on any atom is -0.490 e. The summed E-state index contributed by atoms with van der Waals surface area (Å²) >= 11 is 5.92. The molecule has 1 aliphatic rings. The number of nitrogens with one attached hydrogen (secondary N) is 1. The van der Waals surface area contributed by atoms with Crippen LogP contribution in [0.3, 0.4) is 0 Å². The van der Waals surface area contributed by atoms with Crippen molar-refractivity contribution in [3.05, 3.63) is 124 Å². The van der Waals surface area contributed by atoms with E-state index in [1.54, 1.807) is 66.7 Å². The van der Waals surface area contributed by atoms with Crippen molar-refractivity contribution < 1.29 is 33.0 Å². The molecule has 4 amide bonds. The molecular weight excluding hydrogens is 575 g/mol. The van der Waals surface area contributed by atoms with E-state index in [0.29, 0.717) is 41.0 Å². The number of benzene rings is 4. The summed E-state index contributed by atoms with van der Waals surface area (Å²) in [7, 11) is 0. The van der Waals surface area contributed by atoms with Crippen molar-refractivity contribution in [1.29, 1.82) is 0 Å². The summed E-state index contributed by atoms with van der Waals surface area (Å²) in [5, 5.41) is 2.85. The van der Waals surface area contributed by atoms with Crippen LogP contribution >= 0.6 is 11.6 Å². The monoisotopic (exact) mass is 600 g/mol. The Kier molecular flexibility index (Phi) is 9.02. The van der Waals surface area contributed by atoms with E-state index in [1.807, 2.05) is 19.1 Å². The molecule has 0 spiro atoms. The number of rotatable bonds is 10. The van der Waals surface area contributed by atoms with Crippen molar-refractivity contribution in [3.8, 4) is 17.2 Å². The van der Waals surface area contributed by atoms with Gasteiger partial charge in [0.15, 0.2) is 11.5 Å². The Morgan fingerprint density at radius 1 is 0.791 bits per heavy atom. The first-order valence-corrected chi connectivity index (χ1v) is 13.7.